The highest BCUT2D eigenvalue weighted by Crippen LogP contribution is 2.34. The lowest BCUT2D eigenvalue weighted by atomic mass is 9.93. The Kier molecular flexibility index (Phi) is 3.85. The van der Waals surface area contributed by atoms with Crippen LogP contribution in [-0.4, -0.2) is 23.4 Å². The molecule has 0 radical (unpaired) electrons. The number of aliphatic hydroxyl groups is 1. The van der Waals surface area contributed by atoms with E-state index in [0.29, 0.717) is 6.10 Å². The minimum absolute atomic E-state index is 0.0152. The maximum Gasteiger partial charge on any atom is 0.0631 e. The van der Waals surface area contributed by atoms with Gasteiger partial charge >= 0.3 is 0 Å². The summed E-state index contributed by atoms with van der Waals surface area (Å²) in [6.45, 7) is 4.48. The van der Waals surface area contributed by atoms with Crippen molar-refractivity contribution in [3.05, 3.63) is 35.9 Å². The lowest BCUT2D eigenvalue weighted by Gasteiger charge is -2.22. The van der Waals surface area contributed by atoms with Gasteiger partial charge in [0, 0.05) is 5.92 Å². The lowest BCUT2D eigenvalue weighted by molar-refractivity contribution is -0.0229. The Morgan fingerprint density at radius 2 is 2.06 bits per heavy atom. The summed E-state index contributed by atoms with van der Waals surface area (Å²) in [7, 11) is 0. The summed E-state index contributed by atoms with van der Waals surface area (Å²) in [4.78, 5) is 0. The fraction of sp³-hybridized carbons (Fsp3) is 0.600. The molecule has 1 aliphatic heterocycles. The first-order valence-corrected chi connectivity index (χ1v) is 6.44. The Labute approximate surface area is 104 Å². The SMILES string of the molecule is CC1(C)CCC(CC(CO)c2ccccc2)O1. The topological polar surface area (TPSA) is 29.5 Å². The Morgan fingerprint density at radius 3 is 2.59 bits per heavy atom. The molecule has 0 aromatic heterocycles. The molecule has 17 heavy (non-hydrogen) atoms. The van der Waals surface area contributed by atoms with Crippen LogP contribution in [0.4, 0.5) is 0 Å². The first kappa shape index (κ1) is 12.6. The zero-order valence-corrected chi connectivity index (χ0v) is 10.7. The quantitative estimate of drug-likeness (QED) is 0.867. The summed E-state index contributed by atoms with van der Waals surface area (Å²) in [5.41, 5.74) is 1.23. The van der Waals surface area contributed by atoms with Crippen LogP contribution < -0.4 is 0 Å². The molecular weight excluding hydrogens is 212 g/mol. The highest BCUT2D eigenvalue weighted by molar-refractivity contribution is 5.19. The van der Waals surface area contributed by atoms with Gasteiger partial charge in [-0.2, -0.15) is 0 Å². The van der Waals surface area contributed by atoms with E-state index in [1.54, 1.807) is 0 Å². The average molecular weight is 234 g/mol. The maximum absolute atomic E-state index is 9.51. The molecule has 0 saturated carbocycles. The van der Waals surface area contributed by atoms with Crippen molar-refractivity contribution in [1.82, 2.24) is 0 Å². The summed E-state index contributed by atoms with van der Waals surface area (Å²) in [5, 5.41) is 9.51. The van der Waals surface area contributed by atoms with Crippen molar-refractivity contribution in [3.63, 3.8) is 0 Å². The van der Waals surface area contributed by atoms with Crippen LogP contribution in [-0.2, 0) is 4.74 Å². The van der Waals surface area contributed by atoms with Crippen molar-refractivity contribution >= 4 is 0 Å². The smallest absolute Gasteiger partial charge is 0.0631 e. The number of rotatable bonds is 4. The lowest BCUT2D eigenvalue weighted by Crippen LogP contribution is -2.22. The molecule has 0 bridgehead atoms. The molecule has 2 rings (SSSR count). The molecule has 1 aromatic carbocycles. The van der Waals surface area contributed by atoms with E-state index in [9.17, 15) is 5.11 Å². The van der Waals surface area contributed by atoms with Crippen LogP contribution >= 0.6 is 0 Å². The number of benzene rings is 1. The fourth-order valence-corrected chi connectivity index (χ4v) is 2.60. The van der Waals surface area contributed by atoms with Gasteiger partial charge in [0.25, 0.3) is 0 Å². The second-order valence-electron chi connectivity index (χ2n) is 5.56. The molecule has 2 nitrogen and oxygen atoms in total. The summed E-state index contributed by atoms with van der Waals surface area (Å²) < 4.78 is 5.99. The molecule has 94 valence electrons. The highest BCUT2D eigenvalue weighted by atomic mass is 16.5. The van der Waals surface area contributed by atoms with Gasteiger partial charge in [-0.15, -0.1) is 0 Å². The van der Waals surface area contributed by atoms with Gasteiger partial charge in [-0.25, -0.2) is 0 Å². The van der Waals surface area contributed by atoms with Crippen LogP contribution in [0.25, 0.3) is 0 Å². The van der Waals surface area contributed by atoms with Crippen molar-refractivity contribution in [2.45, 2.75) is 50.7 Å². The van der Waals surface area contributed by atoms with Crippen molar-refractivity contribution in [3.8, 4) is 0 Å². The minimum atomic E-state index is 0.0152. The van der Waals surface area contributed by atoms with Gasteiger partial charge in [0.2, 0.25) is 0 Å². The first-order valence-electron chi connectivity index (χ1n) is 6.44. The third kappa shape index (κ3) is 3.30. The Bertz CT molecular complexity index is 345. The van der Waals surface area contributed by atoms with E-state index in [4.69, 9.17) is 4.74 Å². The van der Waals surface area contributed by atoms with Gasteiger partial charge in [0.15, 0.2) is 0 Å². The van der Waals surface area contributed by atoms with E-state index < -0.39 is 0 Å². The van der Waals surface area contributed by atoms with Crippen LogP contribution in [0.5, 0.6) is 0 Å². The van der Waals surface area contributed by atoms with E-state index in [1.165, 1.54) is 5.56 Å². The Hall–Kier alpha value is -0.860. The van der Waals surface area contributed by atoms with Crippen LogP contribution in [0, 0.1) is 0 Å². The predicted octanol–water partition coefficient (Wildman–Crippen LogP) is 3.11. The first-order chi connectivity index (χ1) is 8.11. The summed E-state index contributed by atoms with van der Waals surface area (Å²) >= 11 is 0. The maximum atomic E-state index is 9.51. The van der Waals surface area contributed by atoms with Crippen LogP contribution in [0.1, 0.15) is 44.6 Å². The molecule has 0 amide bonds. The van der Waals surface area contributed by atoms with Gasteiger partial charge in [0.1, 0.15) is 0 Å². The minimum Gasteiger partial charge on any atom is -0.396 e. The van der Waals surface area contributed by atoms with E-state index >= 15 is 0 Å². The van der Waals surface area contributed by atoms with Crippen molar-refractivity contribution in [1.29, 1.82) is 0 Å². The average Bonchev–Trinajstić information content (AvgIpc) is 2.67. The molecule has 0 aliphatic carbocycles. The molecule has 0 spiro atoms. The molecule has 1 aliphatic rings. The van der Waals surface area contributed by atoms with Crippen molar-refractivity contribution < 1.29 is 9.84 Å². The molecule has 1 aromatic rings. The molecule has 2 atom stereocenters. The zero-order chi connectivity index (χ0) is 12.3. The van der Waals surface area contributed by atoms with Gasteiger partial charge in [-0.05, 0) is 38.7 Å². The van der Waals surface area contributed by atoms with Gasteiger partial charge < -0.3 is 9.84 Å². The van der Waals surface area contributed by atoms with E-state index in [-0.39, 0.29) is 18.1 Å². The van der Waals surface area contributed by atoms with Crippen molar-refractivity contribution in [2.24, 2.45) is 0 Å². The monoisotopic (exact) mass is 234 g/mol. The highest BCUT2D eigenvalue weighted by Gasteiger charge is 2.32. The van der Waals surface area contributed by atoms with Crippen LogP contribution in [0.15, 0.2) is 30.3 Å². The molecule has 1 N–H and O–H groups in total. The largest absolute Gasteiger partial charge is 0.396 e. The molecule has 1 saturated heterocycles. The predicted molar refractivity (Wildman–Crippen MR) is 69.1 cm³/mol. The molecule has 1 fully saturated rings. The summed E-state index contributed by atoms with van der Waals surface area (Å²) in [5.74, 6) is 0.204. The summed E-state index contributed by atoms with van der Waals surface area (Å²) in [6, 6.07) is 10.2. The Balaban J connectivity index is 1.97. The van der Waals surface area contributed by atoms with Gasteiger partial charge in [0.05, 0.1) is 18.3 Å². The number of hydrogen-bond donors (Lipinski definition) is 1. The van der Waals surface area contributed by atoms with Crippen molar-refractivity contribution in [2.75, 3.05) is 6.61 Å². The number of hydrogen-bond acceptors (Lipinski definition) is 2. The number of ether oxygens (including phenoxy) is 1. The normalized spacial score (nSPS) is 24.8. The third-order valence-corrected chi connectivity index (χ3v) is 3.59. The second-order valence-corrected chi connectivity index (χ2v) is 5.56. The molecule has 2 unspecified atom stereocenters. The number of aliphatic hydroxyl groups excluding tert-OH is 1. The van der Waals surface area contributed by atoms with Crippen LogP contribution in [0.3, 0.4) is 0 Å². The van der Waals surface area contributed by atoms with Gasteiger partial charge in [-0.3, -0.25) is 0 Å². The molecule has 1 heterocycles. The third-order valence-electron chi connectivity index (χ3n) is 3.59. The molecule has 2 heteroatoms. The second kappa shape index (κ2) is 5.19. The van der Waals surface area contributed by atoms with E-state index in [0.717, 1.165) is 19.3 Å². The summed E-state index contributed by atoms with van der Waals surface area (Å²) in [6.07, 6.45) is 3.44. The molecular formula is C15H22O2. The van der Waals surface area contributed by atoms with E-state index in [2.05, 4.69) is 26.0 Å². The fourth-order valence-electron chi connectivity index (χ4n) is 2.60. The Morgan fingerprint density at radius 1 is 1.35 bits per heavy atom. The van der Waals surface area contributed by atoms with Crippen LogP contribution in [0.2, 0.25) is 0 Å². The van der Waals surface area contributed by atoms with E-state index in [1.807, 2.05) is 18.2 Å². The van der Waals surface area contributed by atoms with Gasteiger partial charge in [-0.1, -0.05) is 30.3 Å². The zero-order valence-electron chi connectivity index (χ0n) is 10.7. The standard InChI is InChI=1S/C15H22O2/c1-15(2)9-8-14(17-15)10-13(11-16)12-6-4-3-5-7-12/h3-7,13-14,16H,8-11H2,1-2H3.